The van der Waals surface area contributed by atoms with Gasteiger partial charge in [0.15, 0.2) is 6.61 Å². The molecule has 0 unspecified atom stereocenters. The summed E-state index contributed by atoms with van der Waals surface area (Å²) in [6.07, 6.45) is 1.56. The molecule has 1 aromatic heterocycles. The van der Waals surface area contributed by atoms with Crippen molar-refractivity contribution in [3.63, 3.8) is 0 Å². The smallest absolute Gasteiger partial charge is 0.265 e. The van der Waals surface area contributed by atoms with E-state index in [0.29, 0.717) is 11.5 Å². The quantitative estimate of drug-likeness (QED) is 0.641. The van der Waals surface area contributed by atoms with E-state index in [0.717, 1.165) is 5.69 Å². The van der Waals surface area contributed by atoms with Gasteiger partial charge in [0.2, 0.25) is 0 Å². The van der Waals surface area contributed by atoms with Crippen molar-refractivity contribution >= 4 is 23.2 Å². The molecule has 128 valence electrons. The summed E-state index contributed by atoms with van der Waals surface area (Å²) in [5.74, 6) is 0.180. The number of rotatable bonds is 6. The summed E-state index contributed by atoms with van der Waals surface area (Å²) >= 11 is 5.72. The van der Waals surface area contributed by atoms with Gasteiger partial charge in [-0.2, -0.15) is 0 Å². The lowest BCUT2D eigenvalue weighted by molar-refractivity contribution is -0.120. The highest BCUT2D eigenvalue weighted by atomic mass is 35.5. The second kappa shape index (κ2) is 7.85. The number of hydrogen-bond acceptors (Lipinski definition) is 3. The number of ether oxygens (including phenoxy) is 1. The van der Waals surface area contributed by atoms with Crippen molar-refractivity contribution in [3.8, 4) is 5.75 Å². The Kier molecular flexibility index (Phi) is 5.36. The summed E-state index contributed by atoms with van der Waals surface area (Å²) in [4.78, 5) is 14.2. The molecule has 0 spiro atoms. The third kappa shape index (κ3) is 4.39. The SMILES string of the molecule is O=C(COc1ccc(F)c(Cl)c1)N(Cc1ccco1)c1ccccc1. The van der Waals surface area contributed by atoms with Gasteiger partial charge in [0.1, 0.15) is 17.3 Å². The van der Waals surface area contributed by atoms with Gasteiger partial charge in [0.25, 0.3) is 5.91 Å². The van der Waals surface area contributed by atoms with Crippen molar-refractivity contribution in [2.45, 2.75) is 6.54 Å². The van der Waals surface area contributed by atoms with Gasteiger partial charge in [-0.25, -0.2) is 4.39 Å². The first kappa shape index (κ1) is 17.0. The fourth-order valence-electron chi connectivity index (χ4n) is 2.28. The van der Waals surface area contributed by atoms with E-state index in [-0.39, 0.29) is 24.1 Å². The molecule has 0 aliphatic carbocycles. The van der Waals surface area contributed by atoms with Crippen molar-refractivity contribution in [3.05, 3.63) is 83.5 Å². The predicted molar refractivity (Wildman–Crippen MR) is 93.2 cm³/mol. The van der Waals surface area contributed by atoms with Crippen LogP contribution in [0.3, 0.4) is 0 Å². The molecule has 0 saturated carbocycles. The monoisotopic (exact) mass is 359 g/mol. The Balaban J connectivity index is 1.73. The van der Waals surface area contributed by atoms with E-state index >= 15 is 0 Å². The predicted octanol–water partition coefficient (Wildman–Crippen LogP) is 4.68. The maximum atomic E-state index is 13.2. The van der Waals surface area contributed by atoms with Crippen LogP contribution in [0.25, 0.3) is 0 Å². The minimum Gasteiger partial charge on any atom is -0.484 e. The lowest BCUT2D eigenvalue weighted by Crippen LogP contribution is -2.34. The fraction of sp³-hybridized carbons (Fsp3) is 0.105. The Hall–Kier alpha value is -2.79. The zero-order valence-electron chi connectivity index (χ0n) is 13.2. The standard InChI is InChI=1S/C19H15ClFNO3/c20-17-11-15(8-9-18(17)21)25-13-19(23)22(12-16-7-4-10-24-16)14-5-2-1-3-6-14/h1-11H,12-13H2. The Labute approximate surface area is 149 Å². The van der Waals surface area contributed by atoms with Gasteiger partial charge in [-0.05, 0) is 36.4 Å². The lowest BCUT2D eigenvalue weighted by atomic mass is 10.2. The number of furan rings is 1. The molecule has 0 bridgehead atoms. The van der Waals surface area contributed by atoms with Crippen LogP contribution in [0.1, 0.15) is 5.76 Å². The number of halogens is 2. The number of amides is 1. The highest BCUT2D eigenvalue weighted by Crippen LogP contribution is 2.22. The summed E-state index contributed by atoms with van der Waals surface area (Å²) in [7, 11) is 0. The first-order chi connectivity index (χ1) is 12.1. The lowest BCUT2D eigenvalue weighted by Gasteiger charge is -2.22. The Bertz CT molecular complexity index is 837. The highest BCUT2D eigenvalue weighted by Gasteiger charge is 2.18. The normalized spacial score (nSPS) is 10.5. The van der Waals surface area contributed by atoms with E-state index in [1.165, 1.54) is 18.2 Å². The van der Waals surface area contributed by atoms with Crippen molar-refractivity contribution in [2.75, 3.05) is 11.5 Å². The average molecular weight is 360 g/mol. The van der Waals surface area contributed by atoms with E-state index in [4.69, 9.17) is 20.8 Å². The third-order valence-electron chi connectivity index (χ3n) is 3.52. The van der Waals surface area contributed by atoms with E-state index in [1.54, 1.807) is 23.3 Å². The number of para-hydroxylation sites is 1. The Morgan fingerprint density at radius 2 is 1.92 bits per heavy atom. The van der Waals surface area contributed by atoms with Crippen LogP contribution in [-0.4, -0.2) is 12.5 Å². The number of carbonyl (C=O) groups excluding carboxylic acids is 1. The molecule has 0 aliphatic heterocycles. The molecular formula is C19H15ClFNO3. The molecule has 0 aliphatic rings. The maximum absolute atomic E-state index is 13.2. The van der Waals surface area contributed by atoms with Crippen LogP contribution < -0.4 is 9.64 Å². The topological polar surface area (TPSA) is 42.7 Å². The largest absolute Gasteiger partial charge is 0.484 e. The van der Waals surface area contributed by atoms with Gasteiger partial charge in [-0.15, -0.1) is 0 Å². The molecule has 3 aromatic rings. The molecular weight excluding hydrogens is 345 g/mol. The summed E-state index contributed by atoms with van der Waals surface area (Å²) in [6, 6.07) is 16.7. The van der Waals surface area contributed by atoms with Crippen molar-refractivity contribution in [2.24, 2.45) is 0 Å². The summed E-state index contributed by atoms with van der Waals surface area (Å²) in [5, 5.41) is -0.0551. The number of hydrogen-bond donors (Lipinski definition) is 0. The number of anilines is 1. The van der Waals surface area contributed by atoms with E-state index in [2.05, 4.69) is 0 Å². The second-order valence-corrected chi connectivity index (χ2v) is 5.67. The second-order valence-electron chi connectivity index (χ2n) is 5.26. The van der Waals surface area contributed by atoms with Crippen molar-refractivity contribution < 1.29 is 18.3 Å². The van der Waals surface area contributed by atoms with Crippen molar-refractivity contribution in [1.29, 1.82) is 0 Å². The first-order valence-corrected chi connectivity index (χ1v) is 7.97. The molecule has 2 aromatic carbocycles. The van der Waals surface area contributed by atoms with E-state index < -0.39 is 5.82 Å². The molecule has 0 N–H and O–H groups in total. The van der Waals surface area contributed by atoms with Crippen LogP contribution >= 0.6 is 11.6 Å². The molecule has 0 radical (unpaired) electrons. The van der Waals surface area contributed by atoms with Crippen molar-refractivity contribution in [1.82, 2.24) is 0 Å². The van der Waals surface area contributed by atoms with E-state index in [9.17, 15) is 9.18 Å². The Morgan fingerprint density at radius 3 is 2.60 bits per heavy atom. The zero-order chi connectivity index (χ0) is 17.6. The summed E-state index contributed by atoms with van der Waals surface area (Å²) in [5.41, 5.74) is 0.727. The van der Waals surface area contributed by atoms with Crippen LogP contribution in [0, 0.1) is 5.82 Å². The molecule has 3 rings (SSSR count). The van der Waals surface area contributed by atoms with Crippen LogP contribution in [-0.2, 0) is 11.3 Å². The first-order valence-electron chi connectivity index (χ1n) is 7.59. The van der Waals surface area contributed by atoms with Crippen LogP contribution in [0.2, 0.25) is 5.02 Å². The van der Waals surface area contributed by atoms with Crippen LogP contribution in [0.15, 0.2) is 71.3 Å². The summed E-state index contributed by atoms with van der Waals surface area (Å²) in [6.45, 7) is 0.0704. The molecule has 4 nitrogen and oxygen atoms in total. The molecule has 0 atom stereocenters. The van der Waals surface area contributed by atoms with Gasteiger partial charge in [-0.1, -0.05) is 29.8 Å². The third-order valence-corrected chi connectivity index (χ3v) is 3.81. The molecule has 1 amide bonds. The van der Waals surface area contributed by atoms with Gasteiger partial charge >= 0.3 is 0 Å². The number of benzene rings is 2. The molecule has 1 heterocycles. The molecule has 0 saturated heterocycles. The minimum absolute atomic E-state index is 0.0551. The van der Waals surface area contributed by atoms with E-state index in [1.807, 2.05) is 30.3 Å². The maximum Gasteiger partial charge on any atom is 0.265 e. The highest BCUT2D eigenvalue weighted by molar-refractivity contribution is 6.30. The number of nitrogens with zero attached hydrogens (tertiary/aromatic N) is 1. The summed E-state index contributed by atoms with van der Waals surface area (Å²) < 4.78 is 24.0. The Morgan fingerprint density at radius 1 is 1.12 bits per heavy atom. The average Bonchev–Trinajstić information content (AvgIpc) is 3.14. The van der Waals surface area contributed by atoms with Gasteiger partial charge in [-0.3, -0.25) is 4.79 Å². The molecule has 6 heteroatoms. The van der Waals surface area contributed by atoms with Crippen LogP contribution in [0.4, 0.5) is 10.1 Å². The van der Waals surface area contributed by atoms with Gasteiger partial charge in [0, 0.05) is 11.8 Å². The van der Waals surface area contributed by atoms with Gasteiger partial charge < -0.3 is 14.1 Å². The number of carbonyl (C=O) groups is 1. The van der Waals surface area contributed by atoms with Gasteiger partial charge in [0.05, 0.1) is 17.8 Å². The van der Waals surface area contributed by atoms with Crippen LogP contribution in [0.5, 0.6) is 5.75 Å². The molecule has 25 heavy (non-hydrogen) atoms. The minimum atomic E-state index is -0.538. The zero-order valence-corrected chi connectivity index (χ0v) is 13.9. The molecule has 0 fully saturated rings. The fourth-order valence-corrected chi connectivity index (χ4v) is 2.45.